The quantitative estimate of drug-likeness (QED) is 0.261. The minimum Gasteiger partial charge on any atom is -0.368 e. The van der Waals surface area contributed by atoms with E-state index in [1.807, 2.05) is 4.09 Å². The number of hydrogen-bond donors (Lipinski definition) is 2. The van der Waals surface area contributed by atoms with Crippen molar-refractivity contribution in [3.05, 3.63) is 77.1 Å². The van der Waals surface area contributed by atoms with E-state index in [0.717, 1.165) is 49.7 Å². The monoisotopic (exact) mass is 608 g/mol. The lowest BCUT2D eigenvalue weighted by molar-refractivity contribution is 0.0948. The first kappa shape index (κ1) is 27.9. The number of carbonyl (C=O) groups is 1. The van der Waals surface area contributed by atoms with Crippen molar-refractivity contribution in [3.8, 4) is 0 Å². The first-order valence-corrected chi connectivity index (χ1v) is 17.1. The van der Waals surface area contributed by atoms with Crippen LogP contribution in [0.4, 0.5) is 11.4 Å². The lowest BCUT2D eigenvalue weighted by atomic mass is 9.97. The SMILES string of the molecule is Cc1cccc2cccc(N3CCc4c(N5CC6CCC(C5)N6)cc(C(=O)NCCCSn5cnc(C6CC6)n5)nc4C3)c12. The average molecular weight is 609 g/mol. The predicted octanol–water partition coefficient (Wildman–Crippen LogP) is 4.83. The Balaban J connectivity index is 1.01. The summed E-state index contributed by atoms with van der Waals surface area (Å²) in [6.07, 6.45) is 8.44. The Bertz CT molecular complexity index is 1680. The molecule has 44 heavy (non-hydrogen) atoms. The van der Waals surface area contributed by atoms with E-state index in [0.29, 0.717) is 36.8 Å². The summed E-state index contributed by atoms with van der Waals surface area (Å²) in [5.74, 6) is 2.29. The summed E-state index contributed by atoms with van der Waals surface area (Å²) in [6, 6.07) is 16.2. The maximum Gasteiger partial charge on any atom is 0.269 e. The van der Waals surface area contributed by atoms with Gasteiger partial charge in [0.05, 0.1) is 12.2 Å². The van der Waals surface area contributed by atoms with Crippen molar-refractivity contribution in [2.75, 3.05) is 41.7 Å². The van der Waals surface area contributed by atoms with Gasteiger partial charge in [0.2, 0.25) is 0 Å². The molecule has 4 aliphatic rings. The fourth-order valence-electron chi connectivity index (χ4n) is 7.26. The van der Waals surface area contributed by atoms with E-state index >= 15 is 0 Å². The zero-order valence-corrected chi connectivity index (χ0v) is 26.2. The molecule has 8 rings (SSSR count). The van der Waals surface area contributed by atoms with Crippen LogP contribution in [0.5, 0.6) is 0 Å². The number of hydrogen-bond acceptors (Lipinski definition) is 8. The van der Waals surface area contributed by atoms with E-state index in [1.54, 1.807) is 18.3 Å². The Labute approximate surface area is 262 Å². The smallest absolute Gasteiger partial charge is 0.269 e. The Morgan fingerprint density at radius 1 is 1.05 bits per heavy atom. The zero-order chi connectivity index (χ0) is 29.6. The third kappa shape index (κ3) is 5.54. The minimum atomic E-state index is -0.0907. The Hall–Kier alpha value is -3.63. The van der Waals surface area contributed by atoms with Crippen molar-refractivity contribution >= 4 is 40.0 Å². The van der Waals surface area contributed by atoms with Gasteiger partial charge in [-0.2, -0.15) is 4.09 Å². The molecular formula is C34H40N8OS. The van der Waals surface area contributed by atoms with E-state index < -0.39 is 0 Å². The van der Waals surface area contributed by atoms with Crippen LogP contribution in [-0.2, 0) is 13.0 Å². The maximum absolute atomic E-state index is 13.5. The topological polar surface area (TPSA) is 91.2 Å². The van der Waals surface area contributed by atoms with E-state index in [1.165, 1.54) is 59.0 Å². The third-order valence-electron chi connectivity index (χ3n) is 9.64. The van der Waals surface area contributed by atoms with Crippen molar-refractivity contribution in [2.45, 2.75) is 70.0 Å². The number of aromatic nitrogens is 4. The van der Waals surface area contributed by atoms with E-state index in [-0.39, 0.29) is 5.91 Å². The van der Waals surface area contributed by atoms with Gasteiger partial charge in [0.1, 0.15) is 12.0 Å². The molecule has 0 spiro atoms. The van der Waals surface area contributed by atoms with E-state index in [4.69, 9.17) is 4.98 Å². The maximum atomic E-state index is 13.5. The van der Waals surface area contributed by atoms with Gasteiger partial charge in [-0.1, -0.05) is 30.3 Å². The van der Waals surface area contributed by atoms with Crippen molar-refractivity contribution in [3.63, 3.8) is 0 Å². The highest BCUT2D eigenvalue weighted by molar-refractivity contribution is 7.97. The largest absolute Gasteiger partial charge is 0.368 e. The molecule has 2 N–H and O–H groups in total. The first-order valence-electron chi connectivity index (χ1n) is 16.2. The van der Waals surface area contributed by atoms with Gasteiger partial charge in [-0.3, -0.25) is 4.79 Å². The van der Waals surface area contributed by atoms with Gasteiger partial charge in [0, 0.05) is 72.3 Å². The Morgan fingerprint density at radius 3 is 2.68 bits per heavy atom. The van der Waals surface area contributed by atoms with Crippen molar-refractivity contribution in [1.82, 2.24) is 29.8 Å². The molecule has 2 unspecified atom stereocenters. The molecule has 9 nitrogen and oxygen atoms in total. The van der Waals surface area contributed by atoms with Gasteiger partial charge in [-0.15, -0.1) is 5.10 Å². The molecule has 228 valence electrons. The van der Waals surface area contributed by atoms with Crippen LogP contribution in [0.15, 0.2) is 48.8 Å². The second-order valence-corrected chi connectivity index (χ2v) is 13.9. The molecule has 2 atom stereocenters. The van der Waals surface area contributed by atoms with Gasteiger partial charge < -0.3 is 20.4 Å². The summed E-state index contributed by atoms with van der Waals surface area (Å²) in [4.78, 5) is 28.0. The highest BCUT2D eigenvalue weighted by Crippen LogP contribution is 2.38. The van der Waals surface area contributed by atoms with Crippen LogP contribution in [-0.4, -0.2) is 69.1 Å². The van der Waals surface area contributed by atoms with Crippen molar-refractivity contribution in [2.24, 2.45) is 0 Å². The molecule has 2 aromatic heterocycles. The number of anilines is 2. The van der Waals surface area contributed by atoms with E-state index in [2.05, 4.69) is 79.9 Å². The number of amides is 1. The summed E-state index contributed by atoms with van der Waals surface area (Å²) < 4.78 is 1.86. The van der Waals surface area contributed by atoms with Crippen LogP contribution in [0.1, 0.15) is 71.2 Å². The number of aryl methyl sites for hydroxylation is 1. The average Bonchev–Trinajstić information content (AvgIpc) is 3.70. The van der Waals surface area contributed by atoms with Crippen LogP contribution in [0.2, 0.25) is 0 Å². The van der Waals surface area contributed by atoms with Crippen LogP contribution in [0, 0.1) is 6.92 Å². The fraction of sp³-hybridized carbons (Fsp3) is 0.471. The van der Waals surface area contributed by atoms with Crippen molar-refractivity contribution in [1.29, 1.82) is 0 Å². The molecule has 1 aliphatic carbocycles. The highest BCUT2D eigenvalue weighted by Gasteiger charge is 2.35. The minimum absolute atomic E-state index is 0.0907. The molecule has 4 aromatic rings. The number of nitrogens with one attached hydrogen (secondary N) is 2. The molecule has 1 amide bonds. The van der Waals surface area contributed by atoms with Crippen molar-refractivity contribution < 1.29 is 4.79 Å². The summed E-state index contributed by atoms with van der Waals surface area (Å²) in [6.45, 7) is 6.41. The summed E-state index contributed by atoms with van der Waals surface area (Å²) in [7, 11) is 0. The molecule has 5 heterocycles. The number of benzene rings is 2. The van der Waals surface area contributed by atoms with E-state index in [9.17, 15) is 4.79 Å². The second kappa shape index (κ2) is 11.7. The van der Waals surface area contributed by atoms with Gasteiger partial charge in [0.15, 0.2) is 5.82 Å². The predicted molar refractivity (Wildman–Crippen MR) is 177 cm³/mol. The molecule has 0 radical (unpaired) electrons. The second-order valence-electron chi connectivity index (χ2n) is 12.8. The van der Waals surface area contributed by atoms with Gasteiger partial charge in [-0.05, 0) is 80.5 Å². The molecule has 3 aliphatic heterocycles. The lowest BCUT2D eigenvalue weighted by Gasteiger charge is -2.38. The number of nitrogens with zero attached hydrogens (tertiary/aromatic N) is 6. The molecule has 2 bridgehead atoms. The zero-order valence-electron chi connectivity index (χ0n) is 25.3. The molecule has 2 saturated heterocycles. The standard InChI is InChI=1S/C34H40N8OS/c1-22-5-2-6-23-7-3-8-30(32(22)23)40-15-13-27-29(20-40)38-28(17-31(27)41-18-25-11-12-26(19-41)37-25)34(43)35-14-4-16-44-42-21-36-33(39-42)24-9-10-24/h2-3,5-8,17,21,24-26,37H,4,9-16,18-20H2,1H3,(H,35,43). The highest BCUT2D eigenvalue weighted by atomic mass is 32.2. The number of pyridine rings is 1. The fourth-order valence-corrected chi connectivity index (χ4v) is 7.98. The number of carbonyl (C=O) groups excluding carboxylic acids is 1. The normalized spacial score (nSPS) is 21.1. The van der Waals surface area contributed by atoms with Crippen LogP contribution in [0.3, 0.4) is 0 Å². The first-order chi connectivity index (χ1) is 21.6. The molecule has 3 fully saturated rings. The van der Waals surface area contributed by atoms with Gasteiger partial charge in [-0.25, -0.2) is 9.97 Å². The summed E-state index contributed by atoms with van der Waals surface area (Å²) >= 11 is 1.64. The number of rotatable bonds is 9. The Morgan fingerprint density at radius 2 is 1.86 bits per heavy atom. The number of fused-ring (bicyclic) bond motifs is 4. The van der Waals surface area contributed by atoms with Gasteiger partial charge in [0.25, 0.3) is 5.91 Å². The Kier molecular flexibility index (Phi) is 7.42. The van der Waals surface area contributed by atoms with Crippen LogP contribution in [0.25, 0.3) is 10.8 Å². The number of piperazine rings is 1. The van der Waals surface area contributed by atoms with Crippen LogP contribution < -0.4 is 20.4 Å². The summed E-state index contributed by atoms with van der Waals surface area (Å²) in [5.41, 5.74) is 6.61. The van der Waals surface area contributed by atoms with Gasteiger partial charge >= 0.3 is 0 Å². The molecular weight excluding hydrogens is 568 g/mol. The molecule has 2 aromatic carbocycles. The summed E-state index contributed by atoms with van der Waals surface area (Å²) in [5, 5.41) is 14.1. The molecule has 10 heteroatoms. The molecule has 1 saturated carbocycles. The lowest BCUT2D eigenvalue weighted by Crippen LogP contribution is -2.51. The van der Waals surface area contributed by atoms with Crippen LogP contribution >= 0.6 is 11.9 Å². The third-order valence-corrected chi connectivity index (χ3v) is 10.6.